The van der Waals surface area contributed by atoms with Crippen LogP contribution in [0.1, 0.15) is 22.8 Å². The van der Waals surface area contributed by atoms with Crippen LogP contribution >= 0.6 is 15.9 Å². The van der Waals surface area contributed by atoms with Crippen molar-refractivity contribution in [2.24, 2.45) is 0 Å². The SMILES string of the molecule is CC(Oc1ccccc1)C(=O)Nc1ccc(Br)cc1C(=O)NCCc1ccc(-c2ccccc2Oc2ccccc2)cc1. The highest BCUT2D eigenvalue weighted by atomic mass is 79.9. The van der Waals surface area contributed by atoms with E-state index < -0.39 is 6.10 Å². The Labute approximate surface area is 259 Å². The van der Waals surface area contributed by atoms with Crippen molar-refractivity contribution in [2.75, 3.05) is 11.9 Å². The molecular formula is C36H31BrN2O4. The van der Waals surface area contributed by atoms with Crippen LogP contribution in [0, 0.1) is 0 Å². The van der Waals surface area contributed by atoms with Crippen LogP contribution < -0.4 is 20.1 Å². The fourth-order valence-electron chi connectivity index (χ4n) is 4.48. The van der Waals surface area contributed by atoms with E-state index in [0.29, 0.717) is 30.0 Å². The second-order valence-electron chi connectivity index (χ2n) is 9.87. The minimum absolute atomic E-state index is 0.281. The van der Waals surface area contributed by atoms with Crippen molar-refractivity contribution in [1.82, 2.24) is 5.32 Å². The molecule has 0 aliphatic heterocycles. The Morgan fingerprint density at radius 1 is 0.767 bits per heavy atom. The molecule has 5 rings (SSSR count). The highest BCUT2D eigenvalue weighted by Crippen LogP contribution is 2.33. The zero-order valence-corrected chi connectivity index (χ0v) is 25.2. The van der Waals surface area contributed by atoms with Crippen molar-refractivity contribution in [1.29, 1.82) is 0 Å². The molecule has 43 heavy (non-hydrogen) atoms. The van der Waals surface area contributed by atoms with E-state index in [1.165, 1.54) is 0 Å². The molecule has 6 nitrogen and oxygen atoms in total. The minimum Gasteiger partial charge on any atom is -0.481 e. The normalized spacial score (nSPS) is 11.3. The number of carbonyl (C=O) groups excluding carboxylic acids is 2. The zero-order valence-electron chi connectivity index (χ0n) is 23.6. The van der Waals surface area contributed by atoms with Crippen LogP contribution in [0.4, 0.5) is 5.69 Å². The number of nitrogens with one attached hydrogen (secondary N) is 2. The van der Waals surface area contributed by atoms with E-state index in [1.807, 2.05) is 72.8 Å². The average molecular weight is 636 g/mol. The molecule has 0 spiro atoms. The third-order valence-corrected chi connectivity index (χ3v) is 7.22. The third kappa shape index (κ3) is 8.11. The summed E-state index contributed by atoms with van der Waals surface area (Å²) in [6.45, 7) is 2.10. The van der Waals surface area contributed by atoms with Crippen LogP contribution in [-0.2, 0) is 11.2 Å². The van der Waals surface area contributed by atoms with Crippen molar-refractivity contribution in [2.45, 2.75) is 19.4 Å². The van der Waals surface area contributed by atoms with Crippen molar-refractivity contribution in [3.05, 3.63) is 143 Å². The van der Waals surface area contributed by atoms with Crippen LogP contribution in [0.5, 0.6) is 17.2 Å². The fraction of sp³-hybridized carbons (Fsp3) is 0.111. The van der Waals surface area contributed by atoms with Crippen LogP contribution in [-0.4, -0.2) is 24.5 Å². The van der Waals surface area contributed by atoms with Gasteiger partial charge >= 0.3 is 0 Å². The molecule has 0 saturated heterocycles. The van der Waals surface area contributed by atoms with Gasteiger partial charge < -0.3 is 20.1 Å². The largest absolute Gasteiger partial charge is 0.481 e. The van der Waals surface area contributed by atoms with E-state index in [4.69, 9.17) is 9.47 Å². The summed E-state index contributed by atoms with van der Waals surface area (Å²) in [5.41, 5.74) is 3.90. The number of halogens is 1. The molecule has 5 aromatic rings. The van der Waals surface area contributed by atoms with E-state index in [2.05, 4.69) is 50.8 Å². The van der Waals surface area contributed by atoms with Gasteiger partial charge in [-0.1, -0.05) is 94.8 Å². The molecule has 0 radical (unpaired) electrons. The Morgan fingerprint density at radius 3 is 2.14 bits per heavy atom. The number of ether oxygens (including phenoxy) is 2. The van der Waals surface area contributed by atoms with Gasteiger partial charge in [-0.3, -0.25) is 9.59 Å². The first-order valence-corrected chi connectivity index (χ1v) is 14.8. The standard InChI is InChI=1S/C36H31BrN2O4/c1-25(42-29-10-4-2-5-11-29)35(40)39-33-21-20-28(37)24-32(33)36(41)38-23-22-26-16-18-27(19-17-26)31-14-8-9-15-34(31)43-30-12-6-3-7-13-30/h2-21,24-25H,22-23H2,1H3,(H,38,41)(H,39,40). The van der Waals surface area contributed by atoms with Gasteiger partial charge in [-0.25, -0.2) is 0 Å². The summed E-state index contributed by atoms with van der Waals surface area (Å²) in [6, 6.07) is 40.2. The Balaban J connectivity index is 1.19. The number of hydrogen-bond donors (Lipinski definition) is 2. The molecule has 0 fully saturated rings. The monoisotopic (exact) mass is 634 g/mol. The van der Waals surface area contributed by atoms with Crippen molar-refractivity contribution >= 4 is 33.4 Å². The molecule has 216 valence electrons. The van der Waals surface area contributed by atoms with Gasteiger partial charge in [0.25, 0.3) is 11.8 Å². The number of amides is 2. The van der Waals surface area contributed by atoms with Crippen molar-refractivity contribution in [3.8, 4) is 28.4 Å². The summed E-state index contributed by atoms with van der Waals surface area (Å²) in [5, 5.41) is 5.81. The number of para-hydroxylation sites is 3. The Morgan fingerprint density at radius 2 is 1.42 bits per heavy atom. The zero-order chi connectivity index (χ0) is 30.0. The van der Waals surface area contributed by atoms with E-state index in [-0.39, 0.29) is 11.8 Å². The molecule has 2 N–H and O–H groups in total. The van der Waals surface area contributed by atoms with E-state index in [0.717, 1.165) is 32.7 Å². The maximum Gasteiger partial charge on any atom is 0.265 e. The maximum absolute atomic E-state index is 13.1. The first kappa shape index (κ1) is 29.6. The molecule has 0 saturated carbocycles. The average Bonchev–Trinajstić information content (AvgIpc) is 3.03. The van der Waals surface area contributed by atoms with Crippen LogP contribution in [0.2, 0.25) is 0 Å². The smallest absolute Gasteiger partial charge is 0.265 e. The predicted molar refractivity (Wildman–Crippen MR) is 174 cm³/mol. The Bertz CT molecular complexity index is 1680. The first-order chi connectivity index (χ1) is 21.0. The van der Waals surface area contributed by atoms with Crippen molar-refractivity contribution in [3.63, 3.8) is 0 Å². The second kappa shape index (κ2) is 14.3. The summed E-state index contributed by atoms with van der Waals surface area (Å²) in [6.07, 6.45) is -0.104. The molecule has 0 aliphatic carbocycles. The number of rotatable bonds is 11. The number of carbonyl (C=O) groups is 2. The summed E-state index contributed by atoms with van der Waals surface area (Å²) in [4.78, 5) is 26.0. The van der Waals surface area contributed by atoms with Gasteiger partial charge in [0.15, 0.2) is 6.10 Å². The number of benzene rings is 5. The van der Waals surface area contributed by atoms with Gasteiger partial charge in [-0.15, -0.1) is 0 Å². The summed E-state index contributed by atoms with van der Waals surface area (Å²) < 4.78 is 12.6. The van der Waals surface area contributed by atoms with E-state index >= 15 is 0 Å². The quantitative estimate of drug-likeness (QED) is 0.153. The lowest BCUT2D eigenvalue weighted by Crippen LogP contribution is -2.32. The van der Waals surface area contributed by atoms with Crippen LogP contribution in [0.15, 0.2) is 132 Å². The van der Waals surface area contributed by atoms with E-state index in [9.17, 15) is 9.59 Å². The Kier molecular flexibility index (Phi) is 9.87. The summed E-state index contributed by atoms with van der Waals surface area (Å²) >= 11 is 3.43. The number of hydrogen-bond acceptors (Lipinski definition) is 4. The lowest BCUT2D eigenvalue weighted by Gasteiger charge is -2.17. The molecular weight excluding hydrogens is 604 g/mol. The molecule has 2 amide bonds. The van der Waals surface area contributed by atoms with E-state index in [1.54, 1.807) is 37.3 Å². The molecule has 7 heteroatoms. The van der Waals surface area contributed by atoms with Crippen LogP contribution in [0.25, 0.3) is 11.1 Å². The molecule has 0 aliphatic rings. The summed E-state index contributed by atoms with van der Waals surface area (Å²) in [7, 11) is 0. The maximum atomic E-state index is 13.1. The molecule has 0 bridgehead atoms. The van der Waals surface area contributed by atoms with Gasteiger partial charge in [-0.2, -0.15) is 0 Å². The second-order valence-corrected chi connectivity index (χ2v) is 10.8. The molecule has 0 heterocycles. The molecule has 5 aromatic carbocycles. The van der Waals surface area contributed by atoms with Gasteiger partial charge in [0.05, 0.1) is 11.3 Å². The summed E-state index contributed by atoms with van der Waals surface area (Å²) in [5.74, 6) is 1.53. The van der Waals surface area contributed by atoms with Gasteiger partial charge in [0.2, 0.25) is 0 Å². The van der Waals surface area contributed by atoms with Crippen molar-refractivity contribution < 1.29 is 19.1 Å². The van der Waals surface area contributed by atoms with Crippen LogP contribution in [0.3, 0.4) is 0 Å². The minimum atomic E-state index is -0.748. The molecule has 0 aromatic heterocycles. The predicted octanol–water partition coefficient (Wildman–Crippen LogP) is 8.29. The lowest BCUT2D eigenvalue weighted by atomic mass is 10.0. The molecule has 1 atom stereocenters. The lowest BCUT2D eigenvalue weighted by molar-refractivity contribution is -0.122. The first-order valence-electron chi connectivity index (χ1n) is 14.0. The number of anilines is 1. The molecule has 1 unspecified atom stereocenters. The highest BCUT2D eigenvalue weighted by Gasteiger charge is 2.19. The van der Waals surface area contributed by atoms with Gasteiger partial charge in [-0.05, 0) is 73.0 Å². The Hall–Kier alpha value is -4.88. The topological polar surface area (TPSA) is 76.7 Å². The highest BCUT2D eigenvalue weighted by molar-refractivity contribution is 9.10. The van der Waals surface area contributed by atoms with Gasteiger partial charge in [0, 0.05) is 16.6 Å². The fourth-order valence-corrected chi connectivity index (χ4v) is 4.84. The van der Waals surface area contributed by atoms with Gasteiger partial charge in [0.1, 0.15) is 17.2 Å². The third-order valence-electron chi connectivity index (χ3n) is 6.73.